The molecule has 0 bridgehead atoms. The zero-order valence-corrected chi connectivity index (χ0v) is 14.4. The summed E-state index contributed by atoms with van der Waals surface area (Å²) in [5, 5.41) is 3.14. The van der Waals surface area contributed by atoms with Crippen molar-refractivity contribution in [2.45, 2.75) is 37.8 Å². The zero-order chi connectivity index (χ0) is 17.1. The molecule has 4 rings (SSSR count). The van der Waals surface area contributed by atoms with Crippen LogP contribution >= 0.6 is 11.3 Å². The van der Waals surface area contributed by atoms with Crippen molar-refractivity contribution in [2.24, 2.45) is 0 Å². The zero-order valence-electron chi connectivity index (χ0n) is 13.6. The summed E-state index contributed by atoms with van der Waals surface area (Å²) >= 11 is 1.55. The van der Waals surface area contributed by atoms with E-state index in [0.717, 1.165) is 35.9 Å². The van der Waals surface area contributed by atoms with Gasteiger partial charge in [-0.15, -0.1) is 11.3 Å². The summed E-state index contributed by atoms with van der Waals surface area (Å²) < 4.78 is 6.88. The lowest BCUT2D eigenvalue weighted by Gasteiger charge is -2.29. The SMILES string of the molecule is O=C(NC1CCC(Oc2cnccn2)CC1)c1ccc2ncsc2c1. The third-order valence-electron chi connectivity index (χ3n) is 4.43. The van der Waals surface area contributed by atoms with Crippen LogP contribution in [-0.4, -0.2) is 33.0 Å². The Morgan fingerprint density at radius 2 is 2.04 bits per heavy atom. The van der Waals surface area contributed by atoms with Crippen molar-refractivity contribution < 1.29 is 9.53 Å². The number of aromatic nitrogens is 3. The van der Waals surface area contributed by atoms with E-state index in [4.69, 9.17) is 4.74 Å². The van der Waals surface area contributed by atoms with Crippen LogP contribution in [0.5, 0.6) is 5.88 Å². The number of hydrogen-bond acceptors (Lipinski definition) is 6. The van der Waals surface area contributed by atoms with Gasteiger partial charge in [-0.25, -0.2) is 9.97 Å². The number of ether oxygens (including phenoxy) is 1. The number of amides is 1. The van der Waals surface area contributed by atoms with Gasteiger partial charge in [0.25, 0.3) is 5.91 Å². The van der Waals surface area contributed by atoms with E-state index in [1.165, 1.54) is 0 Å². The Morgan fingerprint density at radius 1 is 1.16 bits per heavy atom. The molecule has 25 heavy (non-hydrogen) atoms. The number of hydrogen-bond donors (Lipinski definition) is 1. The Morgan fingerprint density at radius 3 is 2.84 bits per heavy atom. The minimum Gasteiger partial charge on any atom is -0.473 e. The normalized spacial score (nSPS) is 20.3. The smallest absolute Gasteiger partial charge is 0.251 e. The molecule has 0 spiro atoms. The molecule has 0 unspecified atom stereocenters. The number of rotatable bonds is 4. The van der Waals surface area contributed by atoms with Gasteiger partial charge < -0.3 is 10.1 Å². The highest BCUT2D eigenvalue weighted by atomic mass is 32.1. The number of carbonyl (C=O) groups is 1. The number of nitrogens with one attached hydrogen (secondary N) is 1. The van der Waals surface area contributed by atoms with Crippen LogP contribution in [0.2, 0.25) is 0 Å². The van der Waals surface area contributed by atoms with Crippen molar-refractivity contribution in [3.05, 3.63) is 47.9 Å². The van der Waals surface area contributed by atoms with E-state index < -0.39 is 0 Å². The molecular formula is C18H18N4O2S. The molecule has 2 aromatic heterocycles. The second kappa shape index (κ2) is 7.14. The second-order valence-electron chi connectivity index (χ2n) is 6.14. The quantitative estimate of drug-likeness (QED) is 0.778. The Balaban J connectivity index is 1.31. The van der Waals surface area contributed by atoms with Crippen molar-refractivity contribution in [1.29, 1.82) is 0 Å². The van der Waals surface area contributed by atoms with Crippen LogP contribution in [0.3, 0.4) is 0 Å². The molecular weight excluding hydrogens is 336 g/mol. The average molecular weight is 354 g/mol. The molecule has 1 saturated carbocycles. The highest BCUT2D eigenvalue weighted by molar-refractivity contribution is 7.16. The van der Waals surface area contributed by atoms with Gasteiger partial charge in [0.15, 0.2) is 0 Å². The largest absolute Gasteiger partial charge is 0.473 e. The minimum atomic E-state index is -0.0198. The van der Waals surface area contributed by atoms with Gasteiger partial charge >= 0.3 is 0 Å². The topological polar surface area (TPSA) is 77.0 Å². The second-order valence-corrected chi connectivity index (χ2v) is 7.03. The van der Waals surface area contributed by atoms with Crippen molar-refractivity contribution in [1.82, 2.24) is 20.3 Å². The predicted molar refractivity (Wildman–Crippen MR) is 95.8 cm³/mol. The van der Waals surface area contributed by atoms with Crippen LogP contribution in [0.25, 0.3) is 10.2 Å². The molecule has 6 nitrogen and oxygen atoms in total. The first-order valence-corrected chi connectivity index (χ1v) is 9.23. The summed E-state index contributed by atoms with van der Waals surface area (Å²) in [6.07, 6.45) is 8.62. The highest BCUT2D eigenvalue weighted by Crippen LogP contribution is 2.23. The monoisotopic (exact) mass is 354 g/mol. The molecule has 1 aliphatic carbocycles. The maximum absolute atomic E-state index is 12.5. The predicted octanol–water partition coefficient (Wildman–Crippen LogP) is 3.21. The lowest BCUT2D eigenvalue weighted by atomic mass is 9.92. The summed E-state index contributed by atoms with van der Waals surface area (Å²) in [7, 11) is 0. The summed E-state index contributed by atoms with van der Waals surface area (Å²) in [5.41, 5.74) is 3.42. The van der Waals surface area contributed by atoms with Gasteiger partial charge in [0.1, 0.15) is 6.10 Å². The van der Waals surface area contributed by atoms with Crippen LogP contribution in [0, 0.1) is 0 Å². The van der Waals surface area contributed by atoms with Gasteiger partial charge in [-0.3, -0.25) is 9.78 Å². The van der Waals surface area contributed by atoms with Crippen molar-refractivity contribution >= 4 is 27.5 Å². The molecule has 3 aromatic rings. The first kappa shape index (κ1) is 16.0. The van der Waals surface area contributed by atoms with E-state index in [2.05, 4.69) is 20.3 Å². The van der Waals surface area contributed by atoms with Gasteiger partial charge in [0.05, 0.1) is 21.9 Å². The van der Waals surface area contributed by atoms with E-state index in [-0.39, 0.29) is 18.1 Å². The Kier molecular flexibility index (Phi) is 4.56. The van der Waals surface area contributed by atoms with E-state index in [1.807, 2.05) is 18.2 Å². The first-order valence-electron chi connectivity index (χ1n) is 8.35. The van der Waals surface area contributed by atoms with Crippen molar-refractivity contribution in [2.75, 3.05) is 0 Å². The molecule has 1 fully saturated rings. The molecule has 1 aliphatic rings. The maximum atomic E-state index is 12.5. The van der Waals surface area contributed by atoms with Gasteiger partial charge in [-0.2, -0.15) is 0 Å². The van der Waals surface area contributed by atoms with Crippen LogP contribution in [0.15, 0.2) is 42.3 Å². The number of carbonyl (C=O) groups excluding carboxylic acids is 1. The van der Waals surface area contributed by atoms with E-state index in [1.54, 1.807) is 35.4 Å². The lowest BCUT2D eigenvalue weighted by molar-refractivity contribution is 0.0890. The van der Waals surface area contributed by atoms with Crippen molar-refractivity contribution in [3.8, 4) is 5.88 Å². The molecule has 0 radical (unpaired) electrons. The van der Waals surface area contributed by atoms with Crippen LogP contribution in [-0.2, 0) is 0 Å². The highest BCUT2D eigenvalue weighted by Gasteiger charge is 2.24. The van der Waals surface area contributed by atoms with Crippen molar-refractivity contribution in [3.63, 3.8) is 0 Å². The van der Waals surface area contributed by atoms with Gasteiger partial charge in [0.2, 0.25) is 5.88 Å². The number of benzene rings is 1. The third kappa shape index (κ3) is 3.76. The summed E-state index contributed by atoms with van der Waals surface area (Å²) in [6.45, 7) is 0. The molecule has 0 saturated heterocycles. The molecule has 2 heterocycles. The Hall–Kier alpha value is -2.54. The van der Waals surface area contributed by atoms with Crippen LogP contribution in [0.4, 0.5) is 0 Å². The van der Waals surface area contributed by atoms with E-state index in [0.29, 0.717) is 11.4 Å². The average Bonchev–Trinajstić information content (AvgIpc) is 3.12. The molecule has 7 heteroatoms. The standard InChI is InChI=1S/C18H18N4O2S/c23-18(12-1-6-15-16(9-12)25-11-21-15)22-13-2-4-14(5-3-13)24-17-10-19-7-8-20-17/h1,6-11,13-14H,2-5H2,(H,22,23). The number of thiazole rings is 1. The molecule has 0 aliphatic heterocycles. The van der Waals surface area contributed by atoms with Gasteiger partial charge in [0, 0.05) is 24.0 Å². The minimum absolute atomic E-state index is 0.0198. The molecule has 128 valence electrons. The fraction of sp³-hybridized carbons (Fsp3) is 0.333. The van der Waals surface area contributed by atoms with E-state index >= 15 is 0 Å². The number of fused-ring (bicyclic) bond motifs is 1. The summed E-state index contributed by atoms with van der Waals surface area (Å²) in [5.74, 6) is 0.543. The van der Waals surface area contributed by atoms with Crippen LogP contribution < -0.4 is 10.1 Å². The fourth-order valence-electron chi connectivity index (χ4n) is 3.11. The molecule has 1 aromatic carbocycles. The number of nitrogens with zero attached hydrogens (tertiary/aromatic N) is 3. The molecule has 1 N–H and O–H groups in total. The van der Waals surface area contributed by atoms with Crippen LogP contribution in [0.1, 0.15) is 36.0 Å². The molecule has 1 amide bonds. The fourth-order valence-corrected chi connectivity index (χ4v) is 3.82. The maximum Gasteiger partial charge on any atom is 0.251 e. The Bertz CT molecular complexity index is 860. The summed E-state index contributed by atoms with van der Waals surface area (Å²) in [4.78, 5) is 24.9. The van der Waals surface area contributed by atoms with Gasteiger partial charge in [-0.1, -0.05) is 0 Å². The Labute approximate surface area is 149 Å². The van der Waals surface area contributed by atoms with E-state index in [9.17, 15) is 4.79 Å². The summed E-state index contributed by atoms with van der Waals surface area (Å²) in [6, 6.07) is 5.82. The molecule has 0 atom stereocenters. The first-order chi connectivity index (χ1) is 12.3. The lowest BCUT2D eigenvalue weighted by Crippen LogP contribution is -2.39. The third-order valence-corrected chi connectivity index (χ3v) is 5.22. The van der Waals surface area contributed by atoms with Gasteiger partial charge in [-0.05, 0) is 43.9 Å².